The van der Waals surface area contributed by atoms with E-state index in [2.05, 4.69) is 44.6 Å². The summed E-state index contributed by atoms with van der Waals surface area (Å²) in [5.41, 5.74) is 0.908. The third-order valence-electron chi connectivity index (χ3n) is 2.42. The molecule has 0 aliphatic heterocycles. The molecule has 90 valence electrons. The van der Waals surface area contributed by atoms with Crippen molar-refractivity contribution in [2.75, 3.05) is 5.32 Å². The Kier molecular flexibility index (Phi) is 3.74. The number of imidazole rings is 1. The SMILES string of the molecule is CC(C)n1ccnc1Nc1cccc(Cl)c1Br. The van der Waals surface area contributed by atoms with Crippen LogP contribution in [-0.2, 0) is 0 Å². The highest BCUT2D eigenvalue weighted by Gasteiger charge is 2.09. The number of anilines is 2. The van der Waals surface area contributed by atoms with E-state index in [9.17, 15) is 0 Å². The maximum atomic E-state index is 6.04. The fourth-order valence-electron chi connectivity index (χ4n) is 1.55. The van der Waals surface area contributed by atoms with Gasteiger partial charge in [0.2, 0.25) is 5.95 Å². The Balaban J connectivity index is 2.32. The molecule has 2 rings (SSSR count). The summed E-state index contributed by atoms with van der Waals surface area (Å²) in [4.78, 5) is 4.29. The van der Waals surface area contributed by atoms with Gasteiger partial charge in [-0.15, -0.1) is 0 Å². The number of nitrogens with one attached hydrogen (secondary N) is 1. The maximum Gasteiger partial charge on any atom is 0.207 e. The second-order valence-corrected chi connectivity index (χ2v) is 5.18. The van der Waals surface area contributed by atoms with Gasteiger partial charge in [0.15, 0.2) is 0 Å². The van der Waals surface area contributed by atoms with Gasteiger partial charge in [-0.2, -0.15) is 0 Å². The monoisotopic (exact) mass is 313 g/mol. The van der Waals surface area contributed by atoms with Crippen LogP contribution in [0.4, 0.5) is 11.6 Å². The Morgan fingerprint density at radius 1 is 1.41 bits per heavy atom. The Morgan fingerprint density at radius 2 is 2.18 bits per heavy atom. The fourth-order valence-corrected chi connectivity index (χ4v) is 2.09. The van der Waals surface area contributed by atoms with Gasteiger partial charge in [0.05, 0.1) is 15.2 Å². The van der Waals surface area contributed by atoms with E-state index >= 15 is 0 Å². The van der Waals surface area contributed by atoms with Gasteiger partial charge in [0.25, 0.3) is 0 Å². The van der Waals surface area contributed by atoms with E-state index in [1.807, 2.05) is 24.4 Å². The molecule has 1 N–H and O–H groups in total. The average Bonchev–Trinajstić information content (AvgIpc) is 2.73. The van der Waals surface area contributed by atoms with Crippen LogP contribution >= 0.6 is 27.5 Å². The van der Waals surface area contributed by atoms with E-state index in [1.54, 1.807) is 6.20 Å². The topological polar surface area (TPSA) is 29.9 Å². The minimum Gasteiger partial charge on any atom is -0.325 e. The van der Waals surface area contributed by atoms with E-state index in [0.29, 0.717) is 11.1 Å². The third-order valence-corrected chi connectivity index (χ3v) is 3.82. The van der Waals surface area contributed by atoms with Crippen molar-refractivity contribution < 1.29 is 0 Å². The van der Waals surface area contributed by atoms with Crippen LogP contribution in [-0.4, -0.2) is 9.55 Å². The van der Waals surface area contributed by atoms with Crippen molar-refractivity contribution in [1.82, 2.24) is 9.55 Å². The molecule has 0 bridgehead atoms. The molecule has 2 aromatic rings. The van der Waals surface area contributed by atoms with Gasteiger partial charge < -0.3 is 9.88 Å². The van der Waals surface area contributed by atoms with Gasteiger partial charge in [0.1, 0.15) is 0 Å². The lowest BCUT2D eigenvalue weighted by molar-refractivity contribution is 0.608. The summed E-state index contributed by atoms with van der Waals surface area (Å²) in [5.74, 6) is 0.808. The predicted molar refractivity (Wildman–Crippen MR) is 75.0 cm³/mol. The van der Waals surface area contributed by atoms with E-state index in [-0.39, 0.29) is 0 Å². The molecular formula is C12H13BrClN3. The number of rotatable bonds is 3. The van der Waals surface area contributed by atoms with E-state index < -0.39 is 0 Å². The number of nitrogens with zero attached hydrogens (tertiary/aromatic N) is 2. The molecule has 1 aromatic heterocycles. The Morgan fingerprint density at radius 3 is 2.88 bits per heavy atom. The quantitative estimate of drug-likeness (QED) is 0.895. The zero-order valence-electron chi connectivity index (χ0n) is 9.61. The van der Waals surface area contributed by atoms with E-state index in [4.69, 9.17) is 11.6 Å². The first-order valence-electron chi connectivity index (χ1n) is 5.33. The zero-order valence-corrected chi connectivity index (χ0v) is 12.0. The van der Waals surface area contributed by atoms with Crippen molar-refractivity contribution >= 4 is 39.2 Å². The van der Waals surface area contributed by atoms with Crippen molar-refractivity contribution in [3.8, 4) is 0 Å². The first-order valence-corrected chi connectivity index (χ1v) is 6.50. The van der Waals surface area contributed by atoms with Crippen LogP contribution < -0.4 is 5.32 Å². The van der Waals surface area contributed by atoms with Gasteiger partial charge in [-0.1, -0.05) is 17.7 Å². The zero-order chi connectivity index (χ0) is 12.4. The van der Waals surface area contributed by atoms with Gasteiger partial charge in [0, 0.05) is 18.4 Å². The molecule has 0 saturated heterocycles. The fraction of sp³-hybridized carbons (Fsp3) is 0.250. The minimum absolute atomic E-state index is 0.359. The van der Waals surface area contributed by atoms with E-state index in [0.717, 1.165) is 16.1 Å². The number of aromatic nitrogens is 2. The van der Waals surface area contributed by atoms with Crippen LogP contribution in [0.3, 0.4) is 0 Å². The molecule has 0 radical (unpaired) electrons. The molecule has 1 heterocycles. The van der Waals surface area contributed by atoms with Crippen LogP contribution in [0.15, 0.2) is 35.1 Å². The van der Waals surface area contributed by atoms with Crippen LogP contribution in [0.5, 0.6) is 0 Å². The largest absolute Gasteiger partial charge is 0.325 e. The van der Waals surface area contributed by atoms with Crippen molar-refractivity contribution in [3.63, 3.8) is 0 Å². The summed E-state index contributed by atoms with van der Waals surface area (Å²) in [6.07, 6.45) is 3.73. The van der Waals surface area contributed by atoms with Crippen molar-refractivity contribution in [2.45, 2.75) is 19.9 Å². The highest BCUT2D eigenvalue weighted by Crippen LogP contribution is 2.32. The summed E-state index contributed by atoms with van der Waals surface area (Å²) < 4.78 is 2.91. The normalized spacial score (nSPS) is 10.9. The van der Waals surface area contributed by atoms with E-state index in [1.165, 1.54) is 0 Å². The van der Waals surface area contributed by atoms with Crippen LogP contribution in [0.25, 0.3) is 0 Å². The standard InChI is InChI=1S/C12H13BrClN3/c1-8(2)17-7-6-15-12(17)16-10-5-3-4-9(14)11(10)13/h3-8H,1-2H3,(H,15,16). The highest BCUT2D eigenvalue weighted by molar-refractivity contribution is 9.10. The second-order valence-electron chi connectivity index (χ2n) is 3.98. The van der Waals surface area contributed by atoms with Crippen LogP contribution in [0.1, 0.15) is 19.9 Å². The molecule has 0 unspecified atom stereocenters. The summed E-state index contributed by atoms with van der Waals surface area (Å²) in [6.45, 7) is 4.22. The number of hydrogen-bond acceptors (Lipinski definition) is 2. The third kappa shape index (κ3) is 2.64. The van der Waals surface area contributed by atoms with Gasteiger partial charge >= 0.3 is 0 Å². The first-order chi connectivity index (χ1) is 8.09. The molecule has 1 aromatic carbocycles. The molecule has 0 aliphatic carbocycles. The summed E-state index contributed by atoms with van der Waals surface area (Å²) in [7, 11) is 0. The molecule has 0 fully saturated rings. The Bertz CT molecular complexity index is 522. The predicted octanol–water partition coefficient (Wildman–Crippen LogP) is 4.62. The Hall–Kier alpha value is -1.000. The average molecular weight is 315 g/mol. The molecule has 3 nitrogen and oxygen atoms in total. The minimum atomic E-state index is 0.359. The van der Waals surface area contributed by atoms with Crippen LogP contribution in [0, 0.1) is 0 Å². The molecule has 0 spiro atoms. The Labute approximate surface area is 114 Å². The lowest BCUT2D eigenvalue weighted by Gasteiger charge is -2.14. The molecule has 0 saturated carbocycles. The van der Waals surface area contributed by atoms with Crippen molar-refractivity contribution in [3.05, 3.63) is 40.1 Å². The first kappa shape index (κ1) is 12.5. The summed E-state index contributed by atoms with van der Waals surface area (Å²) in [5, 5.41) is 3.94. The molecule has 0 amide bonds. The summed E-state index contributed by atoms with van der Waals surface area (Å²) >= 11 is 9.50. The number of halogens is 2. The maximum absolute atomic E-state index is 6.04. The summed E-state index contributed by atoms with van der Waals surface area (Å²) in [6, 6.07) is 6.05. The van der Waals surface area contributed by atoms with Gasteiger partial charge in [-0.3, -0.25) is 0 Å². The van der Waals surface area contributed by atoms with Gasteiger partial charge in [-0.05, 0) is 41.9 Å². The van der Waals surface area contributed by atoms with Crippen molar-refractivity contribution in [2.24, 2.45) is 0 Å². The number of benzene rings is 1. The smallest absolute Gasteiger partial charge is 0.207 e. The second kappa shape index (κ2) is 5.10. The lowest BCUT2D eigenvalue weighted by Crippen LogP contribution is -2.05. The molecule has 17 heavy (non-hydrogen) atoms. The molecule has 0 atom stereocenters. The lowest BCUT2D eigenvalue weighted by atomic mass is 10.3. The highest BCUT2D eigenvalue weighted by atomic mass is 79.9. The molecule has 0 aliphatic rings. The number of hydrogen-bond donors (Lipinski definition) is 1. The van der Waals surface area contributed by atoms with Gasteiger partial charge in [-0.25, -0.2) is 4.98 Å². The molecule has 5 heteroatoms. The molecular weight excluding hydrogens is 302 g/mol. The van der Waals surface area contributed by atoms with Crippen molar-refractivity contribution in [1.29, 1.82) is 0 Å². The van der Waals surface area contributed by atoms with Crippen LogP contribution in [0.2, 0.25) is 5.02 Å².